The highest BCUT2D eigenvalue weighted by Crippen LogP contribution is 2.47. The van der Waals surface area contributed by atoms with E-state index in [-0.39, 0.29) is 6.54 Å². The molecule has 0 aromatic heterocycles. The van der Waals surface area contributed by atoms with E-state index in [1.165, 1.54) is 31.7 Å². The number of hydrogen-bond acceptors (Lipinski definition) is 1. The normalized spacial score (nSPS) is 19.1. The Hall–Kier alpha value is -2.16. The Balaban J connectivity index is 1.64. The highest BCUT2D eigenvalue weighted by atomic mass is 19.4. The number of aliphatic imine (C=N–C) groups is 1. The van der Waals surface area contributed by atoms with Crippen LogP contribution in [0.25, 0.3) is 0 Å². The van der Waals surface area contributed by atoms with E-state index in [0.29, 0.717) is 11.0 Å². The number of nitrogens with one attached hydrogen (secondary N) is 1. The maximum atomic E-state index is 12.7. The van der Waals surface area contributed by atoms with E-state index in [2.05, 4.69) is 27.0 Å². The van der Waals surface area contributed by atoms with Crippen molar-refractivity contribution in [2.75, 3.05) is 26.2 Å². The maximum absolute atomic E-state index is 12.7. The molecule has 0 unspecified atom stereocenters. The van der Waals surface area contributed by atoms with Gasteiger partial charge in [0.15, 0.2) is 5.96 Å². The molecule has 3 nitrogen and oxygen atoms in total. The minimum absolute atomic E-state index is 0.266. The first-order valence-electron chi connectivity index (χ1n) is 9.11. The summed E-state index contributed by atoms with van der Waals surface area (Å²) in [4.78, 5) is 6.83. The fourth-order valence-electron chi connectivity index (χ4n) is 3.66. The van der Waals surface area contributed by atoms with Gasteiger partial charge in [-0.15, -0.1) is 0 Å². The molecule has 1 aliphatic carbocycles. The molecular formula is C20H24F3N3. The predicted octanol–water partition coefficient (Wildman–Crippen LogP) is 3.90. The van der Waals surface area contributed by atoms with Crippen LogP contribution in [0, 0.1) is 17.3 Å². The molecule has 1 aromatic rings. The van der Waals surface area contributed by atoms with Crippen LogP contribution < -0.4 is 5.32 Å². The van der Waals surface area contributed by atoms with Crippen LogP contribution >= 0.6 is 0 Å². The molecule has 3 rings (SSSR count). The van der Waals surface area contributed by atoms with Gasteiger partial charge in [0.25, 0.3) is 0 Å². The largest absolute Gasteiger partial charge is 0.416 e. The van der Waals surface area contributed by atoms with Crippen LogP contribution in [-0.4, -0.2) is 37.0 Å². The van der Waals surface area contributed by atoms with Gasteiger partial charge >= 0.3 is 6.18 Å². The predicted molar refractivity (Wildman–Crippen MR) is 96.8 cm³/mol. The van der Waals surface area contributed by atoms with E-state index >= 15 is 0 Å². The molecule has 1 spiro atoms. The summed E-state index contributed by atoms with van der Waals surface area (Å²) in [6, 6.07) is 5.08. The first-order valence-corrected chi connectivity index (χ1v) is 9.11. The Labute approximate surface area is 152 Å². The zero-order valence-electron chi connectivity index (χ0n) is 15.0. The van der Waals surface area contributed by atoms with Crippen LogP contribution in [-0.2, 0) is 6.18 Å². The van der Waals surface area contributed by atoms with Gasteiger partial charge in [-0.2, -0.15) is 13.2 Å². The third kappa shape index (κ3) is 4.32. The van der Waals surface area contributed by atoms with Gasteiger partial charge in [-0.05, 0) is 49.8 Å². The monoisotopic (exact) mass is 363 g/mol. The Morgan fingerprint density at radius 1 is 1.31 bits per heavy atom. The van der Waals surface area contributed by atoms with E-state index in [9.17, 15) is 13.2 Å². The second kappa shape index (κ2) is 7.61. The van der Waals surface area contributed by atoms with Crippen molar-refractivity contribution in [2.24, 2.45) is 10.4 Å². The number of benzene rings is 1. The van der Waals surface area contributed by atoms with Crippen molar-refractivity contribution >= 4 is 5.96 Å². The van der Waals surface area contributed by atoms with E-state index in [4.69, 9.17) is 0 Å². The van der Waals surface area contributed by atoms with Crippen molar-refractivity contribution in [3.8, 4) is 11.8 Å². The van der Waals surface area contributed by atoms with Crippen molar-refractivity contribution in [2.45, 2.75) is 38.8 Å². The Bertz CT molecular complexity index is 724. The molecule has 0 radical (unpaired) electrons. The van der Waals surface area contributed by atoms with Crippen molar-refractivity contribution in [1.82, 2.24) is 10.2 Å². The van der Waals surface area contributed by atoms with Crippen LogP contribution in [0.15, 0.2) is 29.3 Å². The topological polar surface area (TPSA) is 27.6 Å². The molecule has 140 valence electrons. The number of alkyl halides is 3. The summed E-state index contributed by atoms with van der Waals surface area (Å²) in [5, 5.41) is 3.30. The third-order valence-electron chi connectivity index (χ3n) is 5.22. The molecule has 1 N–H and O–H groups in total. The van der Waals surface area contributed by atoms with Gasteiger partial charge in [0.05, 0.1) is 5.56 Å². The van der Waals surface area contributed by atoms with Gasteiger partial charge in [-0.1, -0.05) is 24.3 Å². The average Bonchev–Trinajstić information content (AvgIpc) is 3.03. The fourth-order valence-corrected chi connectivity index (χ4v) is 3.66. The summed E-state index contributed by atoms with van der Waals surface area (Å²) in [7, 11) is 0. The first-order chi connectivity index (χ1) is 12.4. The Kier molecular flexibility index (Phi) is 5.45. The number of hydrogen-bond donors (Lipinski definition) is 1. The SMILES string of the molecule is CCNC(=NCC#Cc1cccc(C(F)(F)F)c1)N1CCC2(CCC2)C1. The zero-order chi connectivity index (χ0) is 18.6. The third-order valence-corrected chi connectivity index (χ3v) is 5.22. The number of guanidine groups is 1. The second-order valence-corrected chi connectivity index (χ2v) is 7.08. The standard InChI is InChI=1S/C20H24F3N3/c1-2-24-18(26-13-11-19(15-26)9-5-10-19)25-12-4-7-16-6-3-8-17(14-16)20(21,22)23/h3,6,8,14H,2,5,9-13,15H2,1H3,(H,24,25). The number of likely N-dealkylation sites (tertiary alicyclic amines) is 1. The molecule has 2 fully saturated rings. The summed E-state index contributed by atoms with van der Waals surface area (Å²) in [5.74, 6) is 6.51. The van der Waals surface area contributed by atoms with E-state index in [0.717, 1.165) is 37.7 Å². The minimum atomic E-state index is -4.35. The first kappa shape index (κ1) is 18.6. The lowest BCUT2D eigenvalue weighted by Crippen LogP contribution is -2.42. The van der Waals surface area contributed by atoms with Crippen LogP contribution in [0.1, 0.15) is 43.7 Å². The molecule has 2 aliphatic rings. The molecule has 0 amide bonds. The Morgan fingerprint density at radius 2 is 2.12 bits per heavy atom. The molecule has 1 saturated heterocycles. The zero-order valence-corrected chi connectivity index (χ0v) is 15.0. The van der Waals surface area contributed by atoms with Crippen molar-refractivity contribution < 1.29 is 13.2 Å². The van der Waals surface area contributed by atoms with Gasteiger partial charge in [-0.3, -0.25) is 0 Å². The van der Waals surface area contributed by atoms with E-state index < -0.39 is 11.7 Å². The molecule has 1 aliphatic heterocycles. The van der Waals surface area contributed by atoms with E-state index in [1.807, 2.05) is 6.92 Å². The van der Waals surface area contributed by atoms with Crippen LogP contribution in [0.5, 0.6) is 0 Å². The summed E-state index contributed by atoms with van der Waals surface area (Å²) in [6.45, 7) is 5.12. The molecule has 26 heavy (non-hydrogen) atoms. The van der Waals surface area contributed by atoms with Gasteiger partial charge < -0.3 is 10.2 Å². The van der Waals surface area contributed by atoms with Crippen molar-refractivity contribution in [1.29, 1.82) is 0 Å². The second-order valence-electron chi connectivity index (χ2n) is 7.08. The average molecular weight is 363 g/mol. The van der Waals surface area contributed by atoms with Crippen LogP contribution in [0.4, 0.5) is 13.2 Å². The lowest BCUT2D eigenvalue weighted by atomic mass is 9.68. The van der Waals surface area contributed by atoms with Crippen molar-refractivity contribution in [3.63, 3.8) is 0 Å². The van der Waals surface area contributed by atoms with Crippen molar-refractivity contribution in [3.05, 3.63) is 35.4 Å². The maximum Gasteiger partial charge on any atom is 0.416 e. The fraction of sp³-hybridized carbons (Fsp3) is 0.550. The Morgan fingerprint density at radius 3 is 2.73 bits per heavy atom. The lowest BCUT2D eigenvalue weighted by Gasteiger charge is -2.38. The number of halogens is 3. The lowest BCUT2D eigenvalue weighted by molar-refractivity contribution is -0.137. The minimum Gasteiger partial charge on any atom is -0.356 e. The molecule has 0 bridgehead atoms. The molecular weight excluding hydrogens is 339 g/mol. The smallest absolute Gasteiger partial charge is 0.356 e. The quantitative estimate of drug-likeness (QED) is 0.490. The van der Waals surface area contributed by atoms with Gasteiger partial charge in [0.1, 0.15) is 6.54 Å². The van der Waals surface area contributed by atoms with Gasteiger partial charge in [0, 0.05) is 25.2 Å². The molecule has 1 heterocycles. The summed E-state index contributed by atoms with van der Waals surface area (Å²) in [6.07, 6.45) is 0.801. The molecule has 1 aromatic carbocycles. The van der Waals surface area contributed by atoms with Gasteiger partial charge in [0.2, 0.25) is 0 Å². The molecule has 0 atom stereocenters. The van der Waals surface area contributed by atoms with Crippen LogP contribution in [0.3, 0.4) is 0 Å². The number of rotatable bonds is 2. The van der Waals surface area contributed by atoms with Gasteiger partial charge in [-0.25, -0.2) is 4.99 Å². The molecule has 6 heteroatoms. The number of nitrogens with zero attached hydrogens (tertiary/aromatic N) is 2. The van der Waals surface area contributed by atoms with E-state index in [1.54, 1.807) is 6.07 Å². The highest BCUT2D eigenvalue weighted by Gasteiger charge is 2.43. The highest BCUT2D eigenvalue weighted by molar-refractivity contribution is 5.80. The summed E-state index contributed by atoms with van der Waals surface area (Å²) >= 11 is 0. The summed E-state index contributed by atoms with van der Waals surface area (Å²) in [5.41, 5.74) is 0.165. The molecule has 1 saturated carbocycles. The summed E-state index contributed by atoms with van der Waals surface area (Å²) < 4.78 is 38.2. The van der Waals surface area contributed by atoms with Crippen LogP contribution in [0.2, 0.25) is 0 Å².